The summed E-state index contributed by atoms with van der Waals surface area (Å²) >= 11 is 0. The first-order valence-corrected chi connectivity index (χ1v) is 7.12. The first-order chi connectivity index (χ1) is 8.83. The van der Waals surface area contributed by atoms with E-state index >= 15 is 0 Å². The number of nitrogens with zero attached hydrogens (tertiary/aromatic N) is 2. The molecule has 0 aromatic carbocycles. The lowest BCUT2D eigenvalue weighted by Gasteiger charge is -2.16. The zero-order valence-electron chi connectivity index (χ0n) is 11.9. The third kappa shape index (κ3) is 7.41. The van der Waals surface area contributed by atoms with Crippen LogP contribution < -0.4 is 5.32 Å². The van der Waals surface area contributed by atoms with Gasteiger partial charge in [0, 0.05) is 24.9 Å². The molecule has 0 aliphatic carbocycles. The molecule has 3 nitrogen and oxygen atoms in total. The van der Waals surface area contributed by atoms with Crippen LogP contribution in [0, 0.1) is 0 Å². The summed E-state index contributed by atoms with van der Waals surface area (Å²) in [6.07, 6.45) is 6.69. The zero-order valence-corrected chi connectivity index (χ0v) is 11.9. The number of hydrogen-bond acceptors (Lipinski definition) is 3. The second-order valence-corrected chi connectivity index (χ2v) is 4.83. The molecule has 0 spiro atoms. The van der Waals surface area contributed by atoms with E-state index in [9.17, 15) is 0 Å². The van der Waals surface area contributed by atoms with Crippen molar-refractivity contribution in [2.45, 2.75) is 32.6 Å². The highest BCUT2D eigenvalue weighted by atomic mass is 15.1. The van der Waals surface area contributed by atoms with Crippen molar-refractivity contribution in [2.24, 2.45) is 0 Å². The number of aromatic nitrogens is 1. The van der Waals surface area contributed by atoms with Gasteiger partial charge in [0.2, 0.25) is 0 Å². The lowest BCUT2D eigenvalue weighted by Crippen LogP contribution is -2.24. The van der Waals surface area contributed by atoms with Crippen molar-refractivity contribution in [2.75, 3.05) is 33.2 Å². The Bertz CT molecular complexity index is 287. The first kappa shape index (κ1) is 15.1. The van der Waals surface area contributed by atoms with Crippen LogP contribution in [0.1, 0.15) is 31.9 Å². The van der Waals surface area contributed by atoms with Crippen molar-refractivity contribution in [1.82, 2.24) is 15.2 Å². The minimum Gasteiger partial charge on any atom is -0.317 e. The molecular formula is C15H27N3. The van der Waals surface area contributed by atoms with Crippen molar-refractivity contribution in [1.29, 1.82) is 0 Å². The molecule has 102 valence electrons. The predicted molar refractivity (Wildman–Crippen MR) is 77.8 cm³/mol. The fourth-order valence-electron chi connectivity index (χ4n) is 1.90. The average molecular weight is 249 g/mol. The van der Waals surface area contributed by atoms with Crippen molar-refractivity contribution in [3.8, 4) is 0 Å². The van der Waals surface area contributed by atoms with Gasteiger partial charge in [-0.2, -0.15) is 0 Å². The Balaban J connectivity index is 1.99. The maximum Gasteiger partial charge on any atom is 0.0416 e. The van der Waals surface area contributed by atoms with Crippen LogP contribution in [0.4, 0.5) is 0 Å². The van der Waals surface area contributed by atoms with E-state index in [1.807, 2.05) is 12.3 Å². The van der Waals surface area contributed by atoms with E-state index < -0.39 is 0 Å². The second-order valence-electron chi connectivity index (χ2n) is 4.83. The predicted octanol–water partition coefficient (Wildman–Crippen LogP) is 2.34. The number of pyridine rings is 1. The van der Waals surface area contributed by atoms with Gasteiger partial charge in [-0.3, -0.25) is 4.98 Å². The Kier molecular flexibility index (Phi) is 8.43. The summed E-state index contributed by atoms with van der Waals surface area (Å²) in [7, 11) is 2.20. The topological polar surface area (TPSA) is 28.2 Å². The van der Waals surface area contributed by atoms with Crippen LogP contribution in [0.25, 0.3) is 0 Å². The Hall–Kier alpha value is -0.930. The van der Waals surface area contributed by atoms with Crippen molar-refractivity contribution >= 4 is 0 Å². The molecule has 0 aliphatic rings. The molecule has 0 amide bonds. The van der Waals surface area contributed by atoms with Gasteiger partial charge in [-0.05, 0) is 58.1 Å². The fourth-order valence-corrected chi connectivity index (χ4v) is 1.90. The normalized spacial score (nSPS) is 11.1. The molecule has 1 heterocycles. The number of rotatable bonds is 10. The monoisotopic (exact) mass is 249 g/mol. The van der Waals surface area contributed by atoms with Gasteiger partial charge >= 0.3 is 0 Å². The molecule has 18 heavy (non-hydrogen) atoms. The highest BCUT2D eigenvalue weighted by Crippen LogP contribution is 1.98. The third-order valence-electron chi connectivity index (χ3n) is 3.05. The quantitative estimate of drug-likeness (QED) is 0.645. The number of likely N-dealkylation sites (N-methyl/N-ethyl adjacent to an activating group) is 1. The van der Waals surface area contributed by atoms with Gasteiger partial charge in [-0.15, -0.1) is 0 Å². The molecule has 3 heteroatoms. The Morgan fingerprint density at radius 3 is 2.78 bits per heavy atom. The largest absolute Gasteiger partial charge is 0.317 e. The summed E-state index contributed by atoms with van der Waals surface area (Å²) in [4.78, 5) is 6.74. The summed E-state index contributed by atoms with van der Waals surface area (Å²) in [6.45, 7) is 6.79. The van der Waals surface area contributed by atoms with E-state index in [2.05, 4.69) is 41.3 Å². The SMILES string of the molecule is CCCNCCCCN(C)CCc1ccccn1. The number of unbranched alkanes of at least 4 members (excludes halogenated alkanes) is 1. The standard InChI is InChI=1S/C15H27N3/c1-3-10-16-11-6-7-13-18(2)14-9-15-8-4-5-12-17-15/h4-5,8,12,16H,3,6-7,9-11,13-14H2,1-2H3. The molecule has 0 saturated heterocycles. The van der Waals surface area contributed by atoms with Crippen LogP contribution in [0.2, 0.25) is 0 Å². The summed E-state index contributed by atoms with van der Waals surface area (Å²) < 4.78 is 0. The highest BCUT2D eigenvalue weighted by Gasteiger charge is 1.99. The van der Waals surface area contributed by atoms with Crippen LogP contribution in [-0.4, -0.2) is 43.1 Å². The number of nitrogens with one attached hydrogen (secondary N) is 1. The van der Waals surface area contributed by atoms with E-state index in [4.69, 9.17) is 0 Å². The van der Waals surface area contributed by atoms with E-state index in [1.165, 1.54) is 31.5 Å². The van der Waals surface area contributed by atoms with Gasteiger partial charge in [-0.25, -0.2) is 0 Å². The maximum absolute atomic E-state index is 4.34. The molecular weight excluding hydrogens is 222 g/mol. The molecule has 0 atom stereocenters. The Morgan fingerprint density at radius 1 is 1.17 bits per heavy atom. The maximum atomic E-state index is 4.34. The Morgan fingerprint density at radius 2 is 2.06 bits per heavy atom. The molecule has 1 aromatic rings. The fraction of sp³-hybridized carbons (Fsp3) is 0.667. The summed E-state index contributed by atoms with van der Waals surface area (Å²) in [5.74, 6) is 0. The summed E-state index contributed by atoms with van der Waals surface area (Å²) in [5, 5.41) is 3.44. The van der Waals surface area contributed by atoms with Crippen molar-refractivity contribution < 1.29 is 0 Å². The van der Waals surface area contributed by atoms with Gasteiger partial charge in [0.05, 0.1) is 0 Å². The van der Waals surface area contributed by atoms with Crippen molar-refractivity contribution in [3.63, 3.8) is 0 Å². The van der Waals surface area contributed by atoms with Crippen LogP contribution in [0.5, 0.6) is 0 Å². The molecule has 0 aliphatic heterocycles. The van der Waals surface area contributed by atoms with Gasteiger partial charge in [0.1, 0.15) is 0 Å². The van der Waals surface area contributed by atoms with Gasteiger partial charge in [0.15, 0.2) is 0 Å². The van der Waals surface area contributed by atoms with Crippen LogP contribution in [-0.2, 0) is 6.42 Å². The molecule has 0 bridgehead atoms. The first-order valence-electron chi connectivity index (χ1n) is 7.12. The molecule has 0 radical (unpaired) electrons. The van der Waals surface area contributed by atoms with E-state index in [0.717, 1.165) is 26.1 Å². The molecule has 0 saturated carbocycles. The van der Waals surface area contributed by atoms with Crippen LogP contribution >= 0.6 is 0 Å². The molecule has 1 aromatic heterocycles. The lowest BCUT2D eigenvalue weighted by molar-refractivity contribution is 0.328. The average Bonchev–Trinajstić information content (AvgIpc) is 2.41. The molecule has 0 unspecified atom stereocenters. The van der Waals surface area contributed by atoms with Gasteiger partial charge in [-0.1, -0.05) is 13.0 Å². The molecule has 0 fully saturated rings. The minimum absolute atomic E-state index is 1.05. The van der Waals surface area contributed by atoms with E-state index in [1.54, 1.807) is 0 Å². The Labute approximate surface area is 112 Å². The van der Waals surface area contributed by atoms with Crippen LogP contribution in [0.15, 0.2) is 24.4 Å². The number of hydrogen-bond donors (Lipinski definition) is 1. The minimum atomic E-state index is 1.05. The van der Waals surface area contributed by atoms with E-state index in [-0.39, 0.29) is 0 Å². The zero-order chi connectivity index (χ0) is 13.1. The molecule has 1 N–H and O–H groups in total. The van der Waals surface area contributed by atoms with Crippen LogP contribution in [0.3, 0.4) is 0 Å². The van der Waals surface area contributed by atoms with E-state index in [0.29, 0.717) is 0 Å². The van der Waals surface area contributed by atoms with Gasteiger partial charge in [0.25, 0.3) is 0 Å². The smallest absolute Gasteiger partial charge is 0.0416 e. The molecule has 1 rings (SSSR count). The highest BCUT2D eigenvalue weighted by molar-refractivity contribution is 5.03. The van der Waals surface area contributed by atoms with Gasteiger partial charge < -0.3 is 10.2 Å². The second kappa shape index (κ2) is 10.0. The summed E-state index contributed by atoms with van der Waals surface area (Å²) in [6, 6.07) is 6.13. The lowest BCUT2D eigenvalue weighted by atomic mass is 10.2. The van der Waals surface area contributed by atoms with Crippen molar-refractivity contribution in [3.05, 3.63) is 30.1 Å². The third-order valence-corrected chi connectivity index (χ3v) is 3.05. The summed E-state index contributed by atoms with van der Waals surface area (Å²) in [5.41, 5.74) is 1.19.